The van der Waals surface area contributed by atoms with Gasteiger partial charge >= 0.3 is 0 Å². The summed E-state index contributed by atoms with van der Waals surface area (Å²) in [6.07, 6.45) is 0. The van der Waals surface area contributed by atoms with Gasteiger partial charge in [0.1, 0.15) is 0 Å². The number of rotatable bonds is 2. The summed E-state index contributed by atoms with van der Waals surface area (Å²) in [5.74, 6) is 0.795. The third kappa shape index (κ3) is 1.55. The molecule has 18 heavy (non-hydrogen) atoms. The third-order valence-corrected chi connectivity index (χ3v) is 3.35. The van der Waals surface area contributed by atoms with Gasteiger partial charge in [-0.05, 0) is 26.0 Å². The lowest BCUT2D eigenvalue weighted by molar-refractivity contribution is 0.0966. The first kappa shape index (κ1) is 10.8. The highest BCUT2D eigenvalue weighted by Crippen LogP contribution is 2.27. The van der Waals surface area contributed by atoms with Gasteiger partial charge in [-0.2, -0.15) is 5.10 Å². The lowest BCUT2D eigenvalue weighted by Gasteiger charge is -2.08. The van der Waals surface area contributed by atoms with Crippen molar-refractivity contribution in [1.82, 2.24) is 15.5 Å². The number of hydrogen-bond acceptors (Lipinski definition) is 3. The first-order valence-electron chi connectivity index (χ1n) is 5.85. The third-order valence-electron chi connectivity index (χ3n) is 3.35. The molecule has 3 N–H and O–H groups in total. The number of amides is 1. The minimum Gasteiger partial charge on any atom is -0.348 e. The Balaban J connectivity index is 2.00. The molecule has 2 heterocycles. The largest absolute Gasteiger partial charge is 0.348 e. The average Bonchev–Trinajstić information content (AvgIpc) is 2.89. The number of anilines is 2. The van der Waals surface area contributed by atoms with Crippen molar-refractivity contribution in [3.05, 3.63) is 40.6 Å². The maximum Gasteiger partial charge on any atom is 0.251 e. The van der Waals surface area contributed by atoms with E-state index in [4.69, 9.17) is 0 Å². The van der Waals surface area contributed by atoms with Crippen molar-refractivity contribution in [3.8, 4) is 0 Å². The summed E-state index contributed by atoms with van der Waals surface area (Å²) in [7, 11) is 0. The number of H-pyrrole nitrogens is 1. The van der Waals surface area contributed by atoms with Crippen LogP contribution in [0.25, 0.3) is 0 Å². The first-order valence-corrected chi connectivity index (χ1v) is 5.85. The lowest BCUT2D eigenvalue weighted by atomic mass is 10.1. The Hall–Kier alpha value is -2.30. The molecule has 0 saturated heterocycles. The number of aromatic amines is 1. The van der Waals surface area contributed by atoms with Gasteiger partial charge in [0.05, 0.1) is 0 Å². The summed E-state index contributed by atoms with van der Waals surface area (Å²) in [6.45, 7) is 4.56. The molecule has 5 nitrogen and oxygen atoms in total. The minimum atomic E-state index is -0.0106. The molecule has 3 rings (SSSR count). The van der Waals surface area contributed by atoms with Gasteiger partial charge in [-0.3, -0.25) is 9.89 Å². The van der Waals surface area contributed by atoms with Crippen LogP contribution in [0.4, 0.5) is 11.5 Å². The molecule has 0 saturated carbocycles. The van der Waals surface area contributed by atoms with Crippen LogP contribution in [0.5, 0.6) is 0 Å². The number of aromatic nitrogens is 2. The molecule has 0 fully saturated rings. The zero-order valence-corrected chi connectivity index (χ0v) is 10.3. The second kappa shape index (κ2) is 3.87. The molecule has 1 aliphatic heterocycles. The van der Waals surface area contributed by atoms with E-state index in [2.05, 4.69) is 20.8 Å². The van der Waals surface area contributed by atoms with E-state index in [0.717, 1.165) is 33.9 Å². The highest BCUT2D eigenvalue weighted by molar-refractivity contribution is 6.00. The van der Waals surface area contributed by atoms with Crippen LogP contribution in [0.3, 0.4) is 0 Å². The molecule has 0 spiro atoms. The molecule has 0 unspecified atom stereocenters. The predicted octanol–water partition coefficient (Wildman–Crippen LogP) is 2.01. The molecule has 1 aliphatic rings. The van der Waals surface area contributed by atoms with E-state index < -0.39 is 0 Å². The highest BCUT2D eigenvalue weighted by atomic mass is 16.1. The summed E-state index contributed by atoms with van der Waals surface area (Å²) in [5, 5.41) is 13.3. The summed E-state index contributed by atoms with van der Waals surface area (Å²) >= 11 is 0. The van der Waals surface area contributed by atoms with E-state index in [0.29, 0.717) is 6.54 Å². The second-order valence-corrected chi connectivity index (χ2v) is 4.46. The predicted molar refractivity (Wildman–Crippen MR) is 69.0 cm³/mol. The average molecular weight is 242 g/mol. The quantitative estimate of drug-likeness (QED) is 0.754. The summed E-state index contributed by atoms with van der Waals surface area (Å²) in [4.78, 5) is 11.6. The number of carbonyl (C=O) groups is 1. The molecule has 1 aromatic heterocycles. The van der Waals surface area contributed by atoms with Crippen LogP contribution in [0.1, 0.15) is 27.2 Å². The zero-order valence-electron chi connectivity index (χ0n) is 10.3. The van der Waals surface area contributed by atoms with Gasteiger partial charge in [0.2, 0.25) is 0 Å². The van der Waals surface area contributed by atoms with Crippen molar-refractivity contribution in [2.45, 2.75) is 20.4 Å². The molecule has 1 amide bonds. The Bertz CT molecular complexity index is 630. The standard InChI is InChI=1S/C13H14N4O/c1-7-8(2)16-17-12(7)15-11-5-3-4-9-10(11)6-14-13(9)18/h3-5H,6H2,1-2H3,(H,14,18)(H2,15,16,17). The molecule has 0 radical (unpaired) electrons. The maximum absolute atomic E-state index is 11.6. The summed E-state index contributed by atoms with van der Waals surface area (Å²) < 4.78 is 0. The number of nitrogens with zero attached hydrogens (tertiary/aromatic N) is 1. The Kier molecular flexibility index (Phi) is 2.33. The first-order chi connectivity index (χ1) is 8.66. The number of benzene rings is 1. The van der Waals surface area contributed by atoms with Crippen molar-refractivity contribution in [1.29, 1.82) is 0 Å². The van der Waals surface area contributed by atoms with E-state index in [1.165, 1.54) is 0 Å². The van der Waals surface area contributed by atoms with Gasteiger partial charge in [0.25, 0.3) is 5.91 Å². The number of hydrogen-bond donors (Lipinski definition) is 3. The van der Waals surface area contributed by atoms with Crippen LogP contribution < -0.4 is 10.6 Å². The monoisotopic (exact) mass is 242 g/mol. The summed E-state index contributed by atoms with van der Waals surface area (Å²) in [5.41, 5.74) is 4.80. The van der Waals surface area contributed by atoms with E-state index in [-0.39, 0.29) is 5.91 Å². The molecule has 0 aliphatic carbocycles. The number of carbonyl (C=O) groups excluding carboxylic acids is 1. The van der Waals surface area contributed by atoms with Gasteiger partial charge in [0, 0.05) is 34.6 Å². The van der Waals surface area contributed by atoms with Gasteiger partial charge in [0.15, 0.2) is 5.82 Å². The van der Waals surface area contributed by atoms with Crippen LogP contribution in [0.15, 0.2) is 18.2 Å². The Morgan fingerprint density at radius 1 is 1.33 bits per heavy atom. The van der Waals surface area contributed by atoms with Crippen LogP contribution in [-0.2, 0) is 6.54 Å². The van der Waals surface area contributed by atoms with Gasteiger partial charge in [-0.25, -0.2) is 0 Å². The molecule has 0 atom stereocenters. The number of nitrogens with one attached hydrogen (secondary N) is 3. The van der Waals surface area contributed by atoms with E-state index in [9.17, 15) is 4.79 Å². The zero-order chi connectivity index (χ0) is 12.7. The summed E-state index contributed by atoms with van der Waals surface area (Å²) in [6, 6.07) is 5.68. The molecular weight excluding hydrogens is 228 g/mol. The Labute approximate surface area is 105 Å². The van der Waals surface area contributed by atoms with Crippen molar-refractivity contribution in [3.63, 3.8) is 0 Å². The molecule has 0 bridgehead atoms. The fourth-order valence-electron chi connectivity index (χ4n) is 2.11. The topological polar surface area (TPSA) is 69.8 Å². The highest BCUT2D eigenvalue weighted by Gasteiger charge is 2.21. The van der Waals surface area contributed by atoms with E-state index >= 15 is 0 Å². The van der Waals surface area contributed by atoms with Crippen molar-refractivity contribution >= 4 is 17.4 Å². The molecule has 92 valence electrons. The lowest BCUT2D eigenvalue weighted by Crippen LogP contribution is -2.12. The SMILES string of the molecule is Cc1[nH]nc(Nc2cccc3c2CNC3=O)c1C. The van der Waals surface area contributed by atoms with Crippen molar-refractivity contribution in [2.24, 2.45) is 0 Å². The fraction of sp³-hybridized carbons (Fsp3) is 0.231. The van der Waals surface area contributed by atoms with Gasteiger partial charge in [-0.1, -0.05) is 6.07 Å². The smallest absolute Gasteiger partial charge is 0.251 e. The van der Waals surface area contributed by atoms with Crippen LogP contribution in [0.2, 0.25) is 0 Å². The van der Waals surface area contributed by atoms with Crippen molar-refractivity contribution < 1.29 is 4.79 Å². The normalized spacial score (nSPS) is 13.3. The fourth-order valence-corrected chi connectivity index (χ4v) is 2.11. The van der Waals surface area contributed by atoms with Crippen LogP contribution in [0, 0.1) is 13.8 Å². The van der Waals surface area contributed by atoms with E-state index in [1.807, 2.05) is 32.0 Å². The van der Waals surface area contributed by atoms with Crippen LogP contribution >= 0.6 is 0 Å². The van der Waals surface area contributed by atoms with E-state index in [1.54, 1.807) is 0 Å². The number of aryl methyl sites for hydroxylation is 1. The maximum atomic E-state index is 11.6. The Morgan fingerprint density at radius 2 is 2.17 bits per heavy atom. The molecular formula is C13H14N4O. The molecule has 1 aromatic carbocycles. The van der Waals surface area contributed by atoms with Crippen molar-refractivity contribution in [2.75, 3.05) is 5.32 Å². The van der Waals surface area contributed by atoms with Gasteiger partial charge < -0.3 is 10.6 Å². The second-order valence-electron chi connectivity index (χ2n) is 4.46. The molecule has 2 aromatic rings. The van der Waals surface area contributed by atoms with Crippen LogP contribution in [-0.4, -0.2) is 16.1 Å². The van der Waals surface area contributed by atoms with Gasteiger partial charge in [-0.15, -0.1) is 0 Å². The number of fused-ring (bicyclic) bond motifs is 1. The molecule has 5 heteroatoms. The minimum absolute atomic E-state index is 0.0106. The Morgan fingerprint density at radius 3 is 2.89 bits per heavy atom.